The van der Waals surface area contributed by atoms with Crippen LogP contribution in [0.3, 0.4) is 0 Å². The lowest BCUT2D eigenvalue weighted by Gasteiger charge is -1.94. The van der Waals surface area contributed by atoms with Gasteiger partial charge in [0, 0.05) is 5.02 Å². The van der Waals surface area contributed by atoms with Crippen molar-refractivity contribution in [3.8, 4) is 16.8 Å². The maximum Gasteiger partial charge on any atom is 0.268 e. The molecule has 0 atom stereocenters. The first-order valence-corrected chi connectivity index (χ1v) is 7.27. The molecule has 0 N–H and O–H groups in total. The number of allylic oxidation sites excluding steroid dienone is 1. The summed E-state index contributed by atoms with van der Waals surface area (Å²) in [4.78, 5) is 5.15. The second-order valence-electron chi connectivity index (χ2n) is 4.12. The third kappa shape index (κ3) is 3.02. The van der Waals surface area contributed by atoms with Gasteiger partial charge in [-0.1, -0.05) is 35.0 Å². The van der Waals surface area contributed by atoms with Crippen molar-refractivity contribution < 1.29 is 4.52 Å². The molecule has 0 saturated carbocycles. The fourth-order valence-electron chi connectivity index (χ4n) is 1.71. The average Bonchev–Trinajstić information content (AvgIpc) is 3.17. The van der Waals surface area contributed by atoms with Gasteiger partial charge in [-0.05, 0) is 35.2 Å². The van der Waals surface area contributed by atoms with Crippen molar-refractivity contribution in [2.75, 3.05) is 0 Å². The van der Waals surface area contributed by atoms with E-state index in [0.29, 0.717) is 16.4 Å². The predicted molar refractivity (Wildman–Crippen MR) is 82.5 cm³/mol. The van der Waals surface area contributed by atoms with Crippen LogP contribution in [0, 0.1) is 11.3 Å². The van der Waals surface area contributed by atoms with Gasteiger partial charge in [-0.15, -0.1) is 11.3 Å². The number of aromatic nitrogens is 2. The molecule has 0 aliphatic rings. The van der Waals surface area contributed by atoms with Crippen molar-refractivity contribution >= 4 is 34.6 Å². The summed E-state index contributed by atoms with van der Waals surface area (Å²) in [6, 6.07) is 13.0. The molecular weight excluding hydrogens is 306 g/mol. The maximum absolute atomic E-state index is 9.27. The number of benzene rings is 1. The first kappa shape index (κ1) is 13.6. The lowest BCUT2D eigenvalue weighted by atomic mass is 10.1. The maximum atomic E-state index is 9.27. The number of nitriles is 1. The van der Waals surface area contributed by atoms with Gasteiger partial charge in [0.15, 0.2) is 0 Å². The van der Waals surface area contributed by atoms with E-state index >= 15 is 0 Å². The molecule has 3 rings (SSSR count). The summed E-state index contributed by atoms with van der Waals surface area (Å²) in [6.07, 6.45) is 1.68. The summed E-state index contributed by atoms with van der Waals surface area (Å²) in [7, 11) is 0. The van der Waals surface area contributed by atoms with E-state index in [2.05, 4.69) is 16.2 Å². The van der Waals surface area contributed by atoms with Crippen molar-refractivity contribution in [2.24, 2.45) is 0 Å². The highest BCUT2D eigenvalue weighted by molar-refractivity contribution is 7.13. The number of nitrogens with zero attached hydrogens (tertiary/aromatic N) is 3. The Bertz CT molecular complexity index is 813. The zero-order chi connectivity index (χ0) is 14.7. The fourth-order valence-corrected chi connectivity index (χ4v) is 2.48. The summed E-state index contributed by atoms with van der Waals surface area (Å²) in [5.74, 6) is 0.688. The van der Waals surface area contributed by atoms with E-state index in [4.69, 9.17) is 16.1 Å². The monoisotopic (exact) mass is 313 g/mol. The van der Waals surface area contributed by atoms with Gasteiger partial charge in [-0.2, -0.15) is 10.2 Å². The average molecular weight is 314 g/mol. The Morgan fingerprint density at radius 1 is 1.29 bits per heavy atom. The highest BCUT2D eigenvalue weighted by atomic mass is 35.5. The molecule has 0 saturated heterocycles. The van der Waals surface area contributed by atoms with Crippen LogP contribution in [-0.2, 0) is 0 Å². The SMILES string of the molecule is N#C/C(=C\c1ccc(Cl)cc1)c1nc(-c2cccs2)no1. The Balaban J connectivity index is 1.94. The molecule has 102 valence electrons. The molecule has 0 aliphatic heterocycles. The molecule has 0 amide bonds. The molecule has 4 nitrogen and oxygen atoms in total. The third-order valence-corrected chi connectivity index (χ3v) is 3.82. The molecule has 21 heavy (non-hydrogen) atoms. The molecule has 2 aromatic heterocycles. The minimum Gasteiger partial charge on any atom is -0.333 e. The van der Waals surface area contributed by atoms with Crippen LogP contribution in [0.25, 0.3) is 22.4 Å². The van der Waals surface area contributed by atoms with E-state index in [9.17, 15) is 5.26 Å². The van der Waals surface area contributed by atoms with Gasteiger partial charge in [-0.3, -0.25) is 0 Å². The van der Waals surface area contributed by atoms with Crippen molar-refractivity contribution in [1.82, 2.24) is 10.1 Å². The third-order valence-electron chi connectivity index (χ3n) is 2.70. The summed E-state index contributed by atoms with van der Waals surface area (Å²) < 4.78 is 5.17. The lowest BCUT2D eigenvalue weighted by Crippen LogP contribution is -1.82. The number of hydrogen-bond acceptors (Lipinski definition) is 5. The van der Waals surface area contributed by atoms with Crippen LogP contribution in [0.15, 0.2) is 46.3 Å². The molecule has 3 aromatic rings. The van der Waals surface area contributed by atoms with E-state index in [1.165, 1.54) is 11.3 Å². The second kappa shape index (κ2) is 5.92. The zero-order valence-electron chi connectivity index (χ0n) is 10.7. The molecule has 0 unspecified atom stereocenters. The molecular formula is C15H8ClN3OS. The van der Waals surface area contributed by atoms with E-state index in [-0.39, 0.29) is 5.89 Å². The Kier molecular flexibility index (Phi) is 3.82. The molecule has 2 heterocycles. The van der Waals surface area contributed by atoms with Gasteiger partial charge >= 0.3 is 0 Å². The predicted octanol–water partition coefficient (Wildman–Crippen LogP) is 4.52. The van der Waals surface area contributed by atoms with Gasteiger partial charge in [0.25, 0.3) is 5.89 Å². The summed E-state index contributed by atoms with van der Waals surface area (Å²) in [6.45, 7) is 0. The van der Waals surface area contributed by atoms with Crippen LogP contribution < -0.4 is 0 Å². The van der Waals surface area contributed by atoms with Crippen LogP contribution in [0.1, 0.15) is 11.5 Å². The quantitative estimate of drug-likeness (QED) is 0.667. The van der Waals surface area contributed by atoms with Gasteiger partial charge < -0.3 is 4.52 Å². The number of rotatable bonds is 3. The van der Waals surface area contributed by atoms with Crippen molar-refractivity contribution in [3.05, 3.63) is 58.3 Å². The minimum atomic E-state index is 0.204. The minimum absolute atomic E-state index is 0.204. The van der Waals surface area contributed by atoms with Crippen LogP contribution >= 0.6 is 22.9 Å². The topological polar surface area (TPSA) is 62.7 Å². The smallest absolute Gasteiger partial charge is 0.268 e. The van der Waals surface area contributed by atoms with Crippen LogP contribution in [0.2, 0.25) is 5.02 Å². The van der Waals surface area contributed by atoms with E-state index in [1.807, 2.05) is 29.6 Å². The normalized spacial score (nSPS) is 11.3. The number of halogens is 1. The molecule has 0 fully saturated rings. The van der Waals surface area contributed by atoms with Gasteiger partial charge in [0.1, 0.15) is 11.6 Å². The highest BCUT2D eigenvalue weighted by Gasteiger charge is 2.13. The standard InChI is InChI=1S/C15H8ClN3OS/c16-12-5-3-10(4-6-12)8-11(9-17)15-18-14(19-20-15)13-2-1-7-21-13/h1-8H/b11-8+. The van der Waals surface area contributed by atoms with Crippen LogP contribution in [0.5, 0.6) is 0 Å². The molecule has 0 aliphatic carbocycles. The van der Waals surface area contributed by atoms with Crippen molar-refractivity contribution in [1.29, 1.82) is 5.26 Å². The molecule has 0 bridgehead atoms. The number of hydrogen-bond donors (Lipinski definition) is 0. The van der Waals surface area contributed by atoms with Crippen LogP contribution in [0.4, 0.5) is 0 Å². The van der Waals surface area contributed by atoms with E-state index in [1.54, 1.807) is 18.2 Å². The Labute approximate surface area is 129 Å². The molecule has 0 spiro atoms. The van der Waals surface area contributed by atoms with Crippen molar-refractivity contribution in [3.63, 3.8) is 0 Å². The van der Waals surface area contributed by atoms with Gasteiger partial charge in [0.2, 0.25) is 5.82 Å². The Hall–Kier alpha value is -2.42. The molecule has 1 aromatic carbocycles. The molecule has 0 radical (unpaired) electrons. The zero-order valence-corrected chi connectivity index (χ0v) is 12.2. The van der Waals surface area contributed by atoms with Gasteiger partial charge in [-0.25, -0.2) is 0 Å². The van der Waals surface area contributed by atoms with Crippen molar-refractivity contribution in [2.45, 2.75) is 0 Å². The van der Waals surface area contributed by atoms with Crippen LogP contribution in [-0.4, -0.2) is 10.1 Å². The number of thiophene rings is 1. The Morgan fingerprint density at radius 3 is 2.76 bits per heavy atom. The van der Waals surface area contributed by atoms with Gasteiger partial charge in [0.05, 0.1) is 4.88 Å². The molecule has 6 heteroatoms. The first-order valence-electron chi connectivity index (χ1n) is 6.01. The van der Waals surface area contributed by atoms with E-state index < -0.39 is 0 Å². The first-order chi connectivity index (χ1) is 10.3. The Morgan fingerprint density at radius 2 is 2.10 bits per heavy atom. The summed E-state index contributed by atoms with van der Waals surface area (Å²) >= 11 is 7.35. The summed E-state index contributed by atoms with van der Waals surface area (Å²) in [5, 5.41) is 15.7. The fraction of sp³-hybridized carbons (Fsp3) is 0. The van der Waals surface area contributed by atoms with E-state index in [0.717, 1.165) is 10.4 Å². The highest BCUT2D eigenvalue weighted by Crippen LogP contribution is 2.24. The lowest BCUT2D eigenvalue weighted by molar-refractivity contribution is 0.409. The summed E-state index contributed by atoms with van der Waals surface area (Å²) in [5.41, 5.74) is 1.15. The second-order valence-corrected chi connectivity index (χ2v) is 5.51. The largest absolute Gasteiger partial charge is 0.333 e.